The third kappa shape index (κ3) is 3.45. The van der Waals surface area contributed by atoms with Crippen molar-refractivity contribution in [1.29, 1.82) is 0 Å². The summed E-state index contributed by atoms with van der Waals surface area (Å²) in [5.41, 5.74) is 6.70. The van der Waals surface area contributed by atoms with Crippen molar-refractivity contribution in [1.82, 2.24) is 14.8 Å². The van der Waals surface area contributed by atoms with Crippen molar-refractivity contribution in [2.24, 2.45) is 0 Å². The molecule has 0 aliphatic heterocycles. The second-order valence-corrected chi connectivity index (χ2v) is 5.11. The van der Waals surface area contributed by atoms with Crippen LogP contribution in [0.4, 0.5) is 24.7 Å². The summed E-state index contributed by atoms with van der Waals surface area (Å²) in [5.74, 6) is -0.536. The summed E-state index contributed by atoms with van der Waals surface area (Å²) in [7, 11) is 0. The maximum absolute atomic E-state index is 12.3. The van der Waals surface area contributed by atoms with E-state index in [-0.39, 0.29) is 17.1 Å². The summed E-state index contributed by atoms with van der Waals surface area (Å²) in [5, 5.41) is 6.74. The molecule has 0 aliphatic rings. The number of amides is 1. The van der Waals surface area contributed by atoms with Gasteiger partial charge in [-0.3, -0.25) is 9.48 Å². The first kappa shape index (κ1) is 15.8. The predicted octanol–water partition coefficient (Wildman–Crippen LogP) is 2.83. The Morgan fingerprint density at radius 2 is 2.04 bits per heavy atom. The van der Waals surface area contributed by atoms with E-state index in [0.29, 0.717) is 10.2 Å². The number of pyridine rings is 1. The Bertz CT molecular complexity index is 904. The van der Waals surface area contributed by atoms with Gasteiger partial charge in [0.25, 0.3) is 5.91 Å². The van der Waals surface area contributed by atoms with Gasteiger partial charge < -0.3 is 11.1 Å². The van der Waals surface area contributed by atoms with Gasteiger partial charge in [-0.2, -0.15) is 18.3 Å². The SMILES string of the molecule is Nc1nc2ccccc2cc1C(=O)Nc1cnn(CC(F)(F)F)c1. The van der Waals surface area contributed by atoms with Crippen LogP contribution in [-0.2, 0) is 6.54 Å². The van der Waals surface area contributed by atoms with E-state index in [4.69, 9.17) is 5.73 Å². The number of nitrogens with one attached hydrogen (secondary N) is 1. The van der Waals surface area contributed by atoms with Crippen molar-refractivity contribution >= 4 is 28.3 Å². The van der Waals surface area contributed by atoms with Crippen molar-refractivity contribution in [2.75, 3.05) is 11.1 Å². The van der Waals surface area contributed by atoms with Gasteiger partial charge in [0.2, 0.25) is 0 Å². The van der Waals surface area contributed by atoms with Crippen molar-refractivity contribution in [3.05, 3.63) is 48.3 Å². The molecule has 1 aromatic carbocycles. The fourth-order valence-electron chi connectivity index (χ4n) is 2.21. The molecule has 124 valence electrons. The third-order valence-electron chi connectivity index (χ3n) is 3.23. The Morgan fingerprint density at radius 3 is 2.79 bits per heavy atom. The molecule has 0 radical (unpaired) electrons. The van der Waals surface area contributed by atoms with Crippen LogP contribution in [0.2, 0.25) is 0 Å². The lowest BCUT2D eigenvalue weighted by Crippen LogP contribution is -2.18. The molecule has 6 nitrogen and oxygen atoms in total. The number of nitrogen functional groups attached to an aromatic ring is 1. The van der Waals surface area contributed by atoms with Crippen molar-refractivity contribution in [3.8, 4) is 0 Å². The van der Waals surface area contributed by atoms with Gasteiger partial charge in [-0.1, -0.05) is 18.2 Å². The largest absolute Gasteiger partial charge is 0.408 e. The van der Waals surface area contributed by atoms with Crippen LogP contribution in [0.15, 0.2) is 42.7 Å². The summed E-state index contributed by atoms with van der Waals surface area (Å²) in [4.78, 5) is 16.4. The summed E-state index contributed by atoms with van der Waals surface area (Å²) >= 11 is 0. The standard InChI is InChI=1S/C15H12F3N5O/c16-15(17,18)8-23-7-10(6-20-23)21-14(24)11-5-9-3-1-2-4-12(9)22-13(11)19/h1-7H,8H2,(H2,19,22)(H,21,24). The van der Waals surface area contributed by atoms with E-state index in [9.17, 15) is 18.0 Å². The molecular formula is C15H12F3N5O. The molecule has 3 N–H and O–H groups in total. The highest BCUT2D eigenvalue weighted by Crippen LogP contribution is 2.21. The van der Waals surface area contributed by atoms with E-state index in [0.717, 1.165) is 17.8 Å². The Morgan fingerprint density at radius 1 is 1.29 bits per heavy atom. The van der Waals surface area contributed by atoms with Crippen LogP contribution in [0, 0.1) is 0 Å². The number of carbonyl (C=O) groups is 1. The van der Waals surface area contributed by atoms with Crippen LogP contribution in [0.3, 0.4) is 0 Å². The fraction of sp³-hybridized carbons (Fsp3) is 0.133. The van der Waals surface area contributed by atoms with E-state index in [2.05, 4.69) is 15.4 Å². The molecule has 1 amide bonds. The maximum atomic E-state index is 12.3. The lowest BCUT2D eigenvalue weighted by atomic mass is 10.1. The van der Waals surface area contributed by atoms with Crippen LogP contribution < -0.4 is 11.1 Å². The number of alkyl halides is 3. The van der Waals surface area contributed by atoms with Gasteiger partial charge in [-0.15, -0.1) is 0 Å². The molecule has 0 unspecified atom stereocenters. The molecule has 0 aliphatic carbocycles. The number of nitrogens with two attached hydrogens (primary N) is 1. The van der Waals surface area contributed by atoms with Gasteiger partial charge >= 0.3 is 6.18 Å². The van der Waals surface area contributed by atoms with Crippen molar-refractivity contribution in [2.45, 2.75) is 12.7 Å². The Balaban J connectivity index is 1.81. The number of hydrogen-bond acceptors (Lipinski definition) is 4. The molecule has 3 aromatic rings. The van der Waals surface area contributed by atoms with Crippen LogP contribution >= 0.6 is 0 Å². The molecule has 0 fully saturated rings. The monoisotopic (exact) mass is 335 g/mol. The number of nitrogens with zero attached hydrogens (tertiary/aromatic N) is 3. The molecule has 0 bridgehead atoms. The number of benzene rings is 1. The Hall–Kier alpha value is -3.10. The molecule has 2 heterocycles. The highest BCUT2D eigenvalue weighted by molar-refractivity contribution is 6.09. The number of carbonyl (C=O) groups excluding carboxylic acids is 1. The highest BCUT2D eigenvalue weighted by atomic mass is 19.4. The fourth-order valence-corrected chi connectivity index (χ4v) is 2.21. The van der Waals surface area contributed by atoms with E-state index in [1.54, 1.807) is 30.3 Å². The zero-order valence-corrected chi connectivity index (χ0v) is 12.2. The van der Waals surface area contributed by atoms with Crippen LogP contribution in [0.5, 0.6) is 0 Å². The molecule has 2 aromatic heterocycles. The number of aromatic nitrogens is 3. The number of halogens is 3. The molecule has 0 saturated carbocycles. The molecular weight excluding hydrogens is 323 g/mol. The molecule has 0 saturated heterocycles. The first-order valence-electron chi connectivity index (χ1n) is 6.88. The highest BCUT2D eigenvalue weighted by Gasteiger charge is 2.28. The van der Waals surface area contributed by atoms with Crippen LogP contribution in [0.1, 0.15) is 10.4 Å². The summed E-state index contributed by atoms with van der Waals surface area (Å²) < 4.78 is 37.6. The zero-order chi connectivity index (χ0) is 17.3. The lowest BCUT2D eigenvalue weighted by Gasteiger charge is -2.07. The average Bonchev–Trinajstić information content (AvgIpc) is 2.91. The van der Waals surface area contributed by atoms with Gasteiger partial charge in [0.05, 0.1) is 23.0 Å². The molecule has 3 rings (SSSR count). The molecule has 0 atom stereocenters. The molecule has 24 heavy (non-hydrogen) atoms. The van der Waals surface area contributed by atoms with Crippen LogP contribution in [-0.4, -0.2) is 26.8 Å². The number of anilines is 2. The lowest BCUT2D eigenvalue weighted by molar-refractivity contribution is -0.142. The number of fused-ring (bicyclic) bond motifs is 1. The van der Waals surface area contributed by atoms with Gasteiger partial charge in [0.1, 0.15) is 12.4 Å². The van der Waals surface area contributed by atoms with Gasteiger partial charge in [0, 0.05) is 11.6 Å². The third-order valence-corrected chi connectivity index (χ3v) is 3.23. The Kier molecular flexibility index (Phi) is 3.84. The summed E-state index contributed by atoms with van der Waals surface area (Å²) in [6, 6.07) is 8.70. The Labute approximate surface area is 134 Å². The second kappa shape index (κ2) is 5.84. The number of rotatable bonds is 3. The van der Waals surface area contributed by atoms with Gasteiger partial charge in [-0.25, -0.2) is 4.98 Å². The second-order valence-electron chi connectivity index (χ2n) is 5.11. The first-order chi connectivity index (χ1) is 11.3. The summed E-state index contributed by atoms with van der Waals surface area (Å²) in [6.45, 7) is -1.23. The van der Waals surface area contributed by atoms with Crippen molar-refractivity contribution < 1.29 is 18.0 Å². The summed E-state index contributed by atoms with van der Waals surface area (Å²) in [6.07, 6.45) is -2.16. The number of hydrogen-bond donors (Lipinski definition) is 2. The van der Waals surface area contributed by atoms with E-state index >= 15 is 0 Å². The maximum Gasteiger partial charge on any atom is 0.408 e. The molecule has 0 spiro atoms. The smallest absolute Gasteiger partial charge is 0.383 e. The van der Waals surface area contributed by atoms with E-state index in [1.165, 1.54) is 0 Å². The van der Waals surface area contributed by atoms with Gasteiger partial charge in [-0.05, 0) is 12.1 Å². The predicted molar refractivity (Wildman–Crippen MR) is 82.4 cm³/mol. The first-order valence-corrected chi connectivity index (χ1v) is 6.88. The van der Waals surface area contributed by atoms with Crippen molar-refractivity contribution in [3.63, 3.8) is 0 Å². The van der Waals surface area contributed by atoms with Crippen LogP contribution in [0.25, 0.3) is 10.9 Å². The quantitative estimate of drug-likeness (QED) is 0.771. The number of para-hydroxylation sites is 1. The normalized spacial score (nSPS) is 11.6. The minimum absolute atomic E-state index is 0.0360. The molecule has 9 heteroatoms. The topological polar surface area (TPSA) is 85.8 Å². The zero-order valence-electron chi connectivity index (χ0n) is 12.2. The average molecular weight is 335 g/mol. The van der Waals surface area contributed by atoms with E-state index in [1.807, 2.05) is 0 Å². The van der Waals surface area contributed by atoms with Gasteiger partial charge in [0.15, 0.2) is 0 Å². The minimum atomic E-state index is -4.39. The van der Waals surface area contributed by atoms with E-state index < -0.39 is 18.6 Å². The minimum Gasteiger partial charge on any atom is -0.383 e.